The highest BCUT2D eigenvalue weighted by Gasteiger charge is 2.52. The maximum Gasteiger partial charge on any atom is 0.338 e. The van der Waals surface area contributed by atoms with Crippen molar-refractivity contribution in [1.29, 1.82) is 0 Å². The van der Waals surface area contributed by atoms with Crippen molar-refractivity contribution in [2.24, 2.45) is 0 Å². The van der Waals surface area contributed by atoms with Crippen LogP contribution in [0.25, 0.3) is 11.0 Å². The highest BCUT2D eigenvalue weighted by atomic mass is 16.7. The summed E-state index contributed by atoms with van der Waals surface area (Å²) in [5.41, 5.74) is 2.27. The van der Waals surface area contributed by atoms with E-state index < -0.39 is 42.4 Å². The SMILES string of the molecule is CN(C)c1nc(NCc2ccccc2)c2cnn([C@@H]3O[C@H](COC(=O)c4ccccc4)[C@@H](OC(=O)c4ccccc4)[C@H]3OC(=O)c3ccccc3)c2n1. The fraction of sp³-hybridized carbons (Fsp3) is 0.200. The lowest BCUT2D eigenvalue weighted by molar-refractivity contribution is -0.0654. The lowest BCUT2D eigenvalue weighted by atomic mass is 10.1. The number of rotatable bonds is 12. The van der Waals surface area contributed by atoms with Gasteiger partial charge in [-0.25, -0.2) is 19.1 Å². The van der Waals surface area contributed by atoms with Crippen LogP contribution in [0.1, 0.15) is 42.9 Å². The zero-order valence-electron chi connectivity index (χ0n) is 28.9. The number of hydrogen-bond acceptors (Lipinski definition) is 12. The molecule has 4 atom stereocenters. The molecule has 1 aliphatic heterocycles. The van der Waals surface area contributed by atoms with Crippen molar-refractivity contribution < 1.29 is 33.3 Å². The van der Waals surface area contributed by atoms with E-state index in [1.54, 1.807) is 102 Å². The number of aromatic nitrogens is 4. The summed E-state index contributed by atoms with van der Waals surface area (Å²) < 4.78 is 26.0. The van der Waals surface area contributed by atoms with Crippen molar-refractivity contribution in [2.75, 3.05) is 30.9 Å². The van der Waals surface area contributed by atoms with Gasteiger partial charge in [0.05, 0.1) is 28.3 Å². The molecule has 2 aromatic heterocycles. The number of ether oxygens (including phenoxy) is 4. The first kappa shape index (κ1) is 34.8. The van der Waals surface area contributed by atoms with E-state index in [0.29, 0.717) is 34.9 Å². The summed E-state index contributed by atoms with van der Waals surface area (Å²) in [7, 11) is 3.63. The topological polar surface area (TPSA) is 147 Å². The van der Waals surface area contributed by atoms with Gasteiger partial charge in [-0.2, -0.15) is 15.1 Å². The molecule has 268 valence electrons. The molecule has 13 nitrogen and oxygen atoms in total. The zero-order valence-corrected chi connectivity index (χ0v) is 28.9. The summed E-state index contributed by atoms with van der Waals surface area (Å²) in [4.78, 5) is 51.6. The van der Waals surface area contributed by atoms with Gasteiger partial charge in [-0.3, -0.25) is 0 Å². The summed E-state index contributed by atoms with van der Waals surface area (Å²) >= 11 is 0. The Hall–Kier alpha value is -6.60. The van der Waals surface area contributed by atoms with Gasteiger partial charge in [0, 0.05) is 20.6 Å². The molecule has 0 amide bonds. The Kier molecular flexibility index (Phi) is 10.3. The summed E-state index contributed by atoms with van der Waals surface area (Å²) in [5.74, 6) is -1.08. The number of anilines is 2. The first-order valence-electron chi connectivity index (χ1n) is 17.0. The third-order valence-electron chi connectivity index (χ3n) is 8.56. The van der Waals surface area contributed by atoms with Gasteiger partial charge >= 0.3 is 17.9 Å². The van der Waals surface area contributed by atoms with Crippen LogP contribution in [0.4, 0.5) is 11.8 Å². The first-order chi connectivity index (χ1) is 25.9. The van der Waals surface area contributed by atoms with Crippen molar-refractivity contribution in [3.8, 4) is 0 Å². The summed E-state index contributed by atoms with van der Waals surface area (Å²) in [6.45, 7) is 0.145. The summed E-state index contributed by atoms with van der Waals surface area (Å²) in [6.07, 6.45) is -3.18. The molecule has 1 N–H and O–H groups in total. The maximum absolute atomic E-state index is 13.7. The molecule has 1 fully saturated rings. The maximum atomic E-state index is 13.7. The predicted octanol–water partition coefficient (Wildman–Crippen LogP) is 5.71. The van der Waals surface area contributed by atoms with Gasteiger partial charge in [0.25, 0.3) is 0 Å². The van der Waals surface area contributed by atoms with Crippen LogP contribution in [-0.4, -0.2) is 76.7 Å². The quantitative estimate of drug-likeness (QED) is 0.122. The third kappa shape index (κ3) is 7.85. The van der Waals surface area contributed by atoms with E-state index in [1.807, 2.05) is 44.4 Å². The minimum absolute atomic E-state index is 0.270. The molecule has 7 rings (SSSR count). The van der Waals surface area contributed by atoms with Gasteiger partial charge in [0.1, 0.15) is 18.5 Å². The van der Waals surface area contributed by atoms with E-state index in [1.165, 1.54) is 4.68 Å². The van der Waals surface area contributed by atoms with Crippen molar-refractivity contribution in [3.63, 3.8) is 0 Å². The molecule has 6 aromatic rings. The van der Waals surface area contributed by atoms with E-state index >= 15 is 0 Å². The lowest BCUT2D eigenvalue weighted by Crippen LogP contribution is -2.41. The number of benzene rings is 4. The van der Waals surface area contributed by atoms with Crippen LogP contribution >= 0.6 is 0 Å². The third-order valence-corrected chi connectivity index (χ3v) is 8.56. The molecule has 53 heavy (non-hydrogen) atoms. The van der Waals surface area contributed by atoms with Gasteiger partial charge < -0.3 is 29.2 Å². The highest BCUT2D eigenvalue weighted by Crippen LogP contribution is 2.37. The molecule has 3 heterocycles. The number of carbonyl (C=O) groups excluding carboxylic acids is 3. The Balaban J connectivity index is 1.28. The van der Waals surface area contributed by atoms with Crippen LogP contribution < -0.4 is 10.2 Å². The molecule has 1 aliphatic rings. The van der Waals surface area contributed by atoms with Crippen LogP contribution in [0.2, 0.25) is 0 Å². The predicted molar refractivity (Wildman–Crippen MR) is 195 cm³/mol. The fourth-order valence-electron chi connectivity index (χ4n) is 5.87. The van der Waals surface area contributed by atoms with Crippen molar-refractivity contribution in [1.82, 2.24) is 19.7 Å². The molecular weight excluding hydrogens is 676 g/mol. The van der Waals surface area contributed by atoms with Crippen LogP contribution in [-0.2, 0) is 25.5 Å². The molecule has 0 spiro atoms. The second-order valence-corrected chi connectivity index (χ2v) is 12.4. The lowest BCUT2D eigenvalue weighted by Gasteiger charge is -2.24. The number of esters is 3. The van der Waals surface area contributed by atoms with Crippen LogP contribution in [0, 0.1) is 0 Å². The monoisotopic (exact) mass is 712 g/mol. The Morgan fingerprint density at radius 1 is 0.717 bits per heavy atom. The number of hydrogen-bond donors (Lipinski definition) is 1. The second kappa shape index (κ2) is 15.7. The molecule has 0 unspecified atom stereocenters. The molecule has 13 heteroatoms. The van der Waals surface area contributed by atoms with Crippen molar-refractivity contribution in [2.45, 2.75) is 31.1 Å². The van der Waals surface area contributed by atoms with E-state index in [9.17, 15) is 14.4 Å². The van der Waals surface area contributed by atoms with Gasteiger partial charge in [-0.05, 0) is 42.0 Å². The number of fused-ring (bicyclic) bond motifs is 1. The number of carbonyl (C=O) groups is 3. The minimum atomic E-state index is -1.27. The number of nitrogens with one attached hydrogen (secondary N) is 1. The van der Waals surface area contributed by atoms with E-state index in [2.05, 4.69) is 10.4 Å². The normalized spacial score (nSPS) is 17.9. The highest BCUT2D eigenvalue weighted by molar-refractivity contribution is 5.91. The van der Waals surface area contributed by atoms with Crippen LogP contribution in [0.5, 0.6) is 0 Å². The Labute approximate surface area is 305 Å². The van der Waals surface area contributed by atoms with Crippen molar-refractivity contribution >= 4 is 40.7 Å². The van der Waals surface area contributed by atoms with E-state index in [-0.39, 0.29) is 17.7 Å². The second-order valence-electron chi connectivity index (χ2n) is 12.4. The van der Waals surface area contributed by atoms with E-state index in [0.717, 1.165) is 5.56 Å². The van der Waals surface area contributed by atoms with E-state index in [4.69, 9.17) is 28.9 Å². The molecule has 0 bridgehead atoms. The largest absolute Gasteiger partial charge is 0.459 e. The van der Waals surface area contributed by atoms with Gasteiger partial charge in [-0.15, -0.1) is 0 Å². The molecule has 0 radical (unpaired) electrons. The average Bonchev–Trinajstić information content (AvgIpc) is 3.78. The summed E-state index contributed by atoms with van der Waals surface area (Å²) in [6, 6.07) is 35.2. The smallest absolute Gasteiger partial charge is 0.338 e. The Morgan fingerprint density at radius 3 is 1.81 bits per heavy atom. The molecular formula is C40H36N6O7. The van der Waals surface area contributed by atoms with Gasteiger partial charge in [0.2, 0.25) is 5.95 Å². The molecule has 0 aliphatic carbocycles. The fourth-order valence-corrected chi connectivity index (χ4v) is 5.87. The van der Waals surface area contributed by atoms with Crippen molar-refractivity contribution in [3.05, 3.63) is 150 Å². The van der Waals surface area contributed by atoms with Crippen LogP contribution in [0.3, 0.4) is 0 Å². The van der Waals surface area contributed by atoms with Gasteiger partial charge in [0.15, 0.2) is 24.1 Å². The standard InChI is InChI=1S/C40H36N6O7/c1-45(2)40-43-34(41-23-26-15-7-3-8-16-26)30-24-42-46(35(30)44-40)36-33(53-39(49)29-21-13-6-14-22-29)32(52-38(48)28-19-11-5-12-20-28)31(51-36)25-50-37(47)27-17-9-4-10-18-27/h3-22,24,31-33,36H,23,25H2,1-2H3,(H,41,43,44)/t31-,32-,33-,36-/m1/s1. The van der Waals surface area contributed by atoms with Crippen LogP contribution in [0.15, 0.2) is 128 Å². The average molecular weight is 713 g/mol. The number of nitrogens with zero attached hydrogens (tertiary/aromatic N) is 5. The first-order valence-corrected chi connectivity index (χ1v) is 17.0. The molecule has 4 aromatic carbocycles. The van der Waals surface area contributed by atoms with Gasteiger partial charge in [-0.1, -0.05) is 84.9 Å². The summed E-state index contributed by atoms with van der Waals surface area (Å²) in [5, 5.41) is 8.63. The Bertz CT molecular complexity index is 2180. The minimum Gasteiger partial charge on any atom is -0.459 e. The molecule has 1 saturated heterocycles. The molecule has 0 saturated carbocycles. The Morgan fingerprint density at radius 2 is 1.25 bits per heavy atom. The zero-order chi connectivity index (χ0) is 36.7.